The summed E-state index contributed by atoms with van der Waals surface area (Å²) < 4.78 is 29.6. The molecule has 4 rings (SSSR count). The standard InChI is InChI=1S/C29H32FN5O5S/c1-17(2)14-23(36)29(4,5)35-25(37)24-18(3)26(34-12-7-11-32-34)41-27(24)33(28(35)38)16-22(40-13-10-31)20-15-19(30)8-9-21(20)39-6/h7-9,11-12,15,17,22H,13-14,16H2,1-6H3/t22-/m0/s1. The predicted octanol–water partition coefficient (Wildman–Crippen LogP) is 4.50. The van der Waals surface area contributed by atoms with Crippen molar-refractivity contribution < 1.29 is 18.7 Å². The van der Waals surface area contributed by atoms with Crippen molar-refractivity contribution in [3.05, 3.63) is 74.4 Å². The molecule has 0 amide bonds. The molecule has 0 aliphatic carbocycles. The number of fused-ring (bicyclic) bond motifs is 1. The molecule has 1 atom stereocenters. The zero-order valence-corrected chi connectivity index (χ0v) is 24.6. The second kappa shape index (κ2) is 11.8. The van der Waals surface area contributed by atoms with E-state index in [-0.39, 0.29) is 42.2 Å². The van der Waals surface area contributed by atoms with E-state index in [0.717, 1.165) is 4.57 Å². The molecular weight excluding hydrogens is 549 g/mol. The fourth-order valence-corrected chi connectivity index (χ4v) is 6.09. The Kier molecular flexibility index (Phi) is 8.60. The van der Waals surface area contributed by atoms with Gasteiger partial charge in [0.25, 0.3) is 5.56 Å². The molecule has 0 radical (unpaired) electrons. The Morgan fingerprint density at radius 3 is 2.61 bits per heavy atom. The number of hydrogen-bond acceptors (Lipinski definition) is 8. The van der Waals surface area contributed by atoms with Crippen LogP contribution in [-0.4, -0.2) is 38.4 Å². The summed E-state index contributed by atoms with van der Waals surface area (Å²) in [7, 11) is 1.42. The quantitative estimate of drug-likeness (QED) is 0.256. The number of Topliss-reactive ketones (excluding diaryl/α,β-unsaturated/α-hetero) is 1. The molecule has 0 unspecified atom stereocenters. The van der Waals surface area contributed by atoms with Crippen LogP contribution in [0.1, 0.15) is 51.3 Å². The van der Waals surface area contributed by atoms with Crippen LogP contribution in [0.5, 0.6) is 5.75 Å². The molecule has 216 valence electrons. The molecule has 1 aromatic carbocycles. The highest BCUT2D eigenvalue weighted by Gasteiger charge is 2.36. The molecule has 0 bridgehead atoms. The molecule has 0 saturated carbocycles. The molecule has 41 heavy (non-hydrogen) atoms. The predicted molar refractivity (Wildman–Crippen MR) is 153 cm³/mol. The van der Waals surface area contributed by atoms with Crippen molar-refractivity contribution in [2.24, 2.45) is 5.92 Å². The first-order chi connectivity index (χ1) is 19.4. The number of carbonyl (C=O) groups is 1. The summed E-state index contributed by atoms with van der Waals surface area (Å²) in [5, 5.41) is 14.4. The highest BCUT2D eigenvalue weighted by molar-refractivity contribution is 7.21. The highest BCUT2D eigenvalue weighted by atomic mass is 32.1. The molecule has 3 heterocycles. The van der Waals surface area contributed by atoms with E-state index in [1.165, 1.54) is 41.2 Å². The number of hydrogen-bond donors (Lipinski definition) is 0. The van der Waals surface area contributed by atoms with E-state index >= 15 is 0 Å². The van der Waals surface area contributed by atoms with E-state index in [0.29, 0.717) is 21.1 Å². The van der Waals surface area contributed by atoms with Crippen LogP contribution in [0.25, 0.3) is 15.2 Å². The summed E-state index contributed by atoms with van der Waals surface area (Å²) in [5.41, 5.74) is -1.90. The van der Waals surface area contributed by atoms with E-state index in [2.05, 4.69) is 5.10 Å². The van der Waals surface area contributed by atoms with Crippen LogP contribution in [0.4, 0.5) is 4.39 Å². The van der Waals surface area contributed by atoms with Crippen LogP contribution in [-0.2, 0) is 21.6 Å². The van der Waals surface area contributed by atoms with Crippen molar-refractivity contribution in [2.45, 2.75) is 59.2 Å². The number of benzene rings is 1. The normalized spacial score (nSPS) is 12.6. The third kappa shape index (κ3) is 5.60. The van der Waals surface area contributed by atoms with Crippen molar-refractivity contribution in [2.75, 3.05) is 13.7 Å². The fourth-order valence-electron chi connectivity index (χ4n) is 4.84. The Morgan fingerprint density at radius 1 is 1.27 bits per heavy atom. The number of halogens is 1. The van der Waals surface area contributed by atoms with Gasteiger partial charge in [0, 0.05) is 29.9 Å². The van der Waals surface area contributed by atoms with E-state index < -0.39 is 28.7 Å². The Labute approximate surface area is 240 Å². The number of carbonyl (C=O) groups excluding carboxylic acids is 1. The number of aromatic nitrogens is 4. The fraction of sp³-hybridized carbons (Fsp3) is 0.414. The van der Waals surface area contributed by atoms with Crippen LogP contribution >= 0.6 is 11.3 Å². The Balaban J connectivity index is 2.04. The number of aryl methyl sites for hydroxylation is 1. The molecule has 0 aliphatic heterocycles. The van der Waals surface area contributed by atoms with Crippen molar-refractivity contribution in [1.82, 2.24) is 18.9 Å². The van der Waals surface area contributed by atoms with Gasteiger partial charge in [0.1, 0.15) is 39.6 Å². The van der Waals surface area contributed by atoms with Crippen LogP contribution in [0.15, 0.2) is 46.2 Å². The molecule has 10 nitrogen and oxygen atoms in total. The van der Waals surface area contributed by atoms with Gasteiger partial charge in [0.15, 0.2) is 5.78 Å². The third-order valence-corrected chi connectivity index (χ3v) is 8.28. The minimum absolute atomic E-state index is 0.0157. The van der Waals surface area contributed by atoms with E-state index in [9.17, 15) is 24.0 Å². The Hall–Kier alpha value is -4.08. The summed E-state index contributed by atoms with van der Waals surface area (Å²) in [6, 6.07) is 7.55. The van der Waals surface area contributed by atoms with Gasteiger partial charge in [-0.2, -0.15) is 10.4 Å². The lowest BCUT2D eigenvalue weighted by atomic mass is 9.91. The molecule has 3 aromatic heterocycles. The largest absolute Gasteiger partial charge is 0.496 e. The summed E-state index contributed by atoms with van der Waals surface area (Å²) in [5.74, 6) is -0.495. The lowest BCUT2D eigenvalue weighted by Crippen LogP contribution is -2.53. The first kappa shape index (κ1) is 29.9. The molecule has 0 saturated heterocycles. The summed E-state index contributed by atoms with van der Waals surface area (Å²) in [6.07, 6.45) is 2.50. The van der Waals surface area contributed by atoms with Gasteiger partial charge in [0.05, 0.1) is 25.1 Å². The second-order valence-electron chi connectivity index (χ2n) is 10.6. The van der Waals surface area contributed by atoms with Crippen molar-refractivity contribution in [3.8, 4) is 16.8 Å². The van der Waals surface area contributed by atoms with Gasteiger partial charge in [-0.1, -0.05) is 25.2 Å². The first-order valence-electron chi connectivity index (χ1n) is 13.1. The minimum atomic E-state index is -1.46. The summed E-state index contributed by atoms with van der Waals surface area (Å²) >= 11 is 1.19. The monoisotopic (exact) mass is 581 g/mol. The molecule has 0 spiro atoms. The van der Waals surface area contributed by atoms with Crippen LogP contribution in [0.2, 0.25) is 0 Å². The van der Waals surface area contributed by atoms with Crippen molar-refractivity contribution >= 4 is 27.3 Å². The summed E-state index contributed by atoms with van der Waals surface area (Å²) in [6.45, 7) is 8.13. The average Bonchev–Trinajstić information content (AvgIpc) is 3.56. The maximum absolute atomic E-state index is 14.4. The maximum atomic E-state index is 14.4. The van der Waals surface area contributed by atoms with Gasteiger partial charge in [-0.05, 0) is 51.0 Å². The van der Waals surface area contributed by atoms with Crippen LogP contribution in [0.3, 0.4) is 0 Å². The Morgan fingerprint density at radius 2 is 2.00 bits per heavy atom. The molecule has 4 aromatic rings. The van der Waals surface area contributed by atoms with Crippen molar-refractivity contribution in [1.29, 1.82) is 5.26 Å². The van der Waals surface area contributed by atoms with E-state index in [1.54, 1.807) is 43.9 Å². The molecule has 0 aliphatic rings. The van der Waals surface area contributed by atoms with Gasteiger partial charge in [-0.15, -0.1) is 0 Å². The van der Waals surface area contributed by atoms with Gasteiger partial charge in [-0.3, -0.25) is 14.2 Å². The Bertz CT molecular complexity index is 1740. The minimum Gasteiger partial charge on any atom is -0.496 e. The molecule has 0 fully saturated rings. The number of thiophene rings is 1. The zero-order valence-electron chi connectivity index (χ0n) is 23.8. The number of methoxy groups -OCH3 is 1. The number of ether oxygens (including phenoxy) is 2. The molecule has 0 N–H and O–H groups in total. The van der Waals surface area contributed by atoms with E-state index in [1.807, 2.05) is 19.9 Å². The second-order valence-corrected chi connectivity index (χ2v) is 11.6. The lowest BCUT2D eigenvalue weighted by molar-refractivity contribution is -0.127. The molecular formula is C29H32FN5O5S. The van der Waals surface area contributed by atoms with Crippen LogP contribution in [0, 0.1) is 30.0 Å². The number of ketones is 1. The maximum Gasteiger partial charge on any atom is 0.333 e. The number of rotatable bonds is 11. The SMILES string of the molecule is COc1ccc(F)cc1[C@H](Cn1c(=O)n(C(C)(C)C(=O)CC(C)C)c(=O)c2c(C)c(-n3cccn3)sc21)OCC#N. The van der Waals surface area contributed by atoms with Gasteiger partial charge in [0.2, 0.25) is 0 Å². The summed E-state index contributed by atoms with van der Waals surface area (Å²) in [4.78, 5) is 42.0. The van der Waals surface area contributed by atoms with Gasteiger partial charge in [-0.25, -0.2) is 18.4 Å². The van der Waals surface area contributed by atoms with E-state index in [4.69, 9.17) is 9.47 Å². The number of nitriles is 1. The topological polar surface area (TPSA) is 121 Å². The highest BCUT2D eigenvalue weighted by Crippen LogP contribution is 2.34. The molecule has 12 heteroatoms. The zero-order chi connectivity index (χ0) is 30.1. The average molecular weight is 582 g/mol. The third-order valence-electron chi connectivity index (χ3n) is 6.97. The van der Waals surface area contributed by atoms with Gasteiger partial charge >= 0.3 is 5.69 Å². The van der Waals surface area contributed by atoms with Gasteiger partial charge < -0.3 is 9.47 Å². The van der Waals surface area contributed by atoms with Crippen LogP contribution < -0.4 is 16.0 Å². The van der Waals surface area contributed by atoms with Crippen molar-refractivity contribution in [3.63, 3.8) is 0 Å². The first-order valence-corrected chi connectivity index (χ1v) is 13.9. The lowest BCUT2D eigenvalue weighted by Gasteiger charge is -2.28. The number of nitrogens with zero attached hydrogens (tertiary/aromatic N) is 5. The smallest absolute Gasteiger partial charge is 0.333 e.